The first-order valence-corrected chi connectivity index (χ1v) is 9.47. The first kappa shape index (κ1) is 19.2. The second kappa shape index (κ2) is 8.08. The number of benzene rings is 1. The van der Waals surface area contributed by atoms with Gasteiger partial charge in [0.2, 0.25) is 0 Å². The summed E-state index contributed by atoms with van der Waals surface area (Å²) in [7, 11) is 1.72. The number of rotatable bonds is 5. The predicted octanol–water partition coefficient (Wildman–Crippen LogP) is 3.03. The van der Waals surface area contributed by atoms with Crippen LogP contribution in [0.2, 0.25) is 0 Å². The summed E-state index contributed by atoms with van der Waals surface area (Å²) in [4.78, 5) is 19.5. The number of hydrogen-bond donors (Lipinski definition) is 0. The molecule has 148 valence electrons. The lowest BCUT2D eigenvalue weighted by molar-refractivity contribution is 0.0989. The SMILES string of the molecule is Cn1nnc(N2CCC(Cl)=C(c3ccc(CC(=O)c4ccncc4F)cc3)C2)n1. The molecule has 29 heavy (non-hydrogen) atoms. The Morgan fingerprint density at radius 2 is 2.03 bits per heavy atom. The Labute approximate surface area is 171 Å². The van der Waals surface area contributed by atoms with E-state index in [4.69, 9.17) is 11.6 Å². The van der Waals surface area contributed by atoms with Crippen LogP contribution < -0.4 is 4.90 Å². The monoisotopic (exact) mass is 412 g/mol. The number of carbonyl (C=O) groups is 1. The van der Waals surface area contributed by atoms with Gasteiger partial charge in [-0.2, -0.15) is 4.80 Å². The minimum Gasteiger partial charge on any atom is -0.333 e. The molecule has 0 unspecified atom stereocenters. The highest BCUT2D eigenvalue weighted by atomic mass is 35.5. The largest absolute Gasteiger partial charge is 0.333 e. The van der Waals surface area contributed by atoms with Crippen LogP contribution in [0.5, 0.6) is 0 Å². The minimum atomic E-state index is -0.606. The third kappa shape index (κ3) is 4.17. The molecule has 3 heterocycles. The number of tetrazole rings is 1. The highest BCUT2D eigenvalue weighted by Crippen LogP contribution is 2.30. The first-order valence-electron chi connectivity index (χ1n) is 9.10. The predicted molar refractivity (Wildman–Crippen MR) is 107 cm³/mol. The van der Waals surface area contributed by atoms with Crippen molar-refractivity contribution in [2.24, 2.45) is 7.05 Å². The zero-order chi connectivity index (χ0) is 20.4. The molecule has 1 aliphatic rings. The molecule has 0 N–H and O–H groups in total. The molecule has 0 saturated heterocycles. The van der Waals surface area contributed by atoms with Gasteiger partial charge in [-0.05, 0) is 28.0 Å². The molecular formula is C20H18ClFN6O. The standard InChI is InChI=1S/C20H18ClFN6O/c1-27-25-20(24-26-27)28-9-7-17(21)16(12-28)14-4-2-13(3-5-14)10-19(29)15-6-8-23-11-18(15)22/h2-6,8,11H,7,9-10,12H2,1H3. The normalized spacial score (nSPS) is 14.4. The van der Waals surface area contributed by atoms with Gasteiger partial charge in [-0.15, -0.1) is 5.10 Å². The number of aromatic nitrogens is 5. The number of hydrogen-bond acceptors (Lipinski definition) is 6. The molecule has 0 fully saturated rings. The van der Waals surface area contributed by atoms with Crippen LogP contribution in [0.4, 0.5) is 10.3 Å². The van der Waals surface area contributed by atoms with Crippen LogP contribution in [-0.2, 0) is 13.5 Å². The molecule has 4 rings (SSSR count). The zero-order valence-corrected chi connectivity index (χ0v) is 16.5. The van der Waals surface area contributed by atoms with Crippen molar-refractivity contribution < 1.29 is 9.18 Å². The van der Waals surface area contributed by atoms with Gasteiger partial charge in [0.15, 0.2) is 11.6 Å². The third-order valence-corrected chi connectivity index (χ3v) is 5.22. The molecular weight excluding hydrogens is 395 g/mol. The fourth-order valence-corrected chi connectivity index (χ4v) is 3.52. The second-order valence-electron chi connectivity index (χ2n) is 6.79. The molecule has 0 saturated carbocycles. The van der Waals surface area contributed by atoms with E-state index < -0.39 is 5.82 Å². The number of aryl methyl sites for hydroxylation is 1. The van der Waals surface area contributed by atoms with Gasteiger partial charge >= 0.3 is 0 Å². The van der Waals surface area contributed by atoms with Crippen molar-refractivity contribution in [1.29, 1.82) is 0 Å². The van der Waals surface area contributed by atoms with Gasteiger partial charge < -0.3 is 4.90 Å². The van der Waals surface area contributed by atoms with E-state index in [9.17, 15) is 9.18 Å². The van der Waals surface area contributed by atoms with Gasteiger partial charge in [0.05, 0.1) is 18.8 Å². The number of nitrogens with zero attached hydrogens (tertiary/aromatic N) is 6. The Morgan fingerprint density at radius 3 is 2.72 bits per heavy atom. The van der Waals surface area contributed by atoms with Crippen LogP contribution in [0.1, 0.15) is 27.9 Å². The Hall–Kier alpha value is -3.13. The van der Waals surface area contributed by atoms with Gasteiger partial charge in [0.1, 0.15) is 0 Å². The topological polar surface area (TPSA) is 76.8 Å². The van der Waals surface area contributed by atoms with E-state index in [1.807, 2.05) is 29.2 Å². The summed E-state index contributed by atoms with van der Waals surface area (Å²) < 4.78 is 13.7. The minimum absolute atomic E-state index is 0.0502. The van der Waals surface area contributed by atoms with Gasteiger partial charge in [0, 0.05) is 37.2 Å². The van der Waals surface area contributed by atoms with Crippen LogP contribution >= 0.6 is 11.6 Å². The number of anilines is 1. The molecule has 9 heteroatoms. The molecule has 0 atom stereocenters. The number of Topliss-reactive ketones (excluding diaryl/α,β-unsaturated/α-hetero) is 1. The van der Waals surface area contributed by atoms with Crippen molar-refractivity contribution in [3.63, 3.8) is 0 Å². The lowest BCUT2D eigenvalue weighted by atomic mass is 9.97. The summed E-state index contributed by atoms with van der Waals surface area (Å²) in [5.74, 6) is -0.325. The summed E-state index contributed by atoms with van der Waals surface area (Å²) in [5.41, 5.74) is 2.81. The molecule has 1 aliphatic heterocycles. The van der Waals surface area contributed by atoms with E-state index in [0.29, 0.717) is 18.9 Å². The van der Waals surface area contributed by atoms with E-state index >= 15 is 0 Å². The second-order valence-corrected chi connectivity index (χ2v) is 7.24. The van der Waals surface area contributed by atoms with E-state index in [1.165, 1.54) is 17.1 Å². The van der Waals surface area contributed by atoms with Crippen LogP contribution in [0.15, 0.2) is 47.8 Å². The summed E-state index contributed by atoms with van der Waals surface area (Å²) in [6, 6.07) is 8.98. The summed E-state index contributed by atoms with van der Waals surface area (Å²) >= 11 is 6.49. The van der Waals surface area contributed by atoms with Crippen LogP contribution in [-0.4, -0.2) is 44.1 Å². The van der Waals surface area contributed by atoms with Gasteiger partial charge in [-0.3, -0.25) is 9.78 Å². The average Bonchev–Trinajstić information content (AvgIpc) is 3.16. The molecule has 0 bridgehead atoms. The van der Waals surface area contributed by atoms with Crippen LogP contribution in [0.3, 0.4) is 0 Å². The fraction of sp³-hybridized carbons (Fsp3) is 0.250. The van der Waals surface area contributed by atoms with Crippen molar-refractivity contribution in [1.82, 2.24) is 25.2 Å². The van der Waals surface area contributed by atoms with E-state index in [0.717, 1.165) is 34.5 Å². The Morgan fingerprint density at radius 1 is 1.24 bits per heavy atom. The highest BCUT2D eigenvalue weighted by Gasteiger charge is 2.22. The fourth-order valence-electron chi connectivity index (χ4n) is 3.26. The van der Waals surface area contributed by atoms with Crippen molar-refractivity contribution in [2.45, 2.75) is 12.8 Å². The van der Waals surface area contributed by atoms with Crippen LogP contribution in [0, 0.1) is 5.82 Å². The van der Waals surface area contributed by atoms with Crippen molar-refractivity contribution in [3.05, 3.63) is 70.3 Å². The van der Waals surface area contributed by atoms with Crippen molar-refractivity contribution in [3.8, 4) is 0 Å². The Kier molecular flexibility index (Phi) is 5.35. The van der Waals surface area contributed by atoms with E-state index in [-0.39, 0.29) is 17.8 Å². The summed E-state index contributed by atoms with van der Waals surface area (Å²) in [6.45, 7) is 1.29. The maximum atomic E-state index is 13.7. The Balaban J connectivity index is 1.49. The van der Waals surface area contributed by atoms with Gasteiger partial charge in [-0.1, -0.05) is 41.0 Å². The quantitative estimate of drug-likeness (QED) is 0.599. The molecule has 3 aromatic rings. The van der Waals surface area contributed by atoms with E-state index in [2.05, 4.69) is 20.4 Å². The first-order chi connectivity index (χ1) is 14.0. The summed E-state index contributed by atoms with van der Waals surface area (Å²) in [6.07, 6.45) is 3.26. The highest BCUT2D eigenvalue weighted by molar-refractivity contribution is 6.33. The lowest BCUT2D eigenvalue weighted by Gasteiger charge is -2.28. The number of halogens is 2. The molecule has 0 spiro atoms. The van der Waals surface area contributed by atoms with Crippen molar-refractivity contribution >= 4 is 28.9 Å². The third-order valence-electron chi connectivity index (χ3n) is 4.80. The molecule has 0 radical (unpaired) electrons. The number of pyridine rings is 1. The summed E-state index contributed by atoms with van der Waals surface area (Å²) in [5, 5.41) is 13.0. The molecule has 0 amide bonds. The number of ketones is 1. The maximum Gasteiger partial charge on any atom is 0.266 e. The smallest absolute Gasteiger partial charge is 0.266 e. The Bertz CT molecular complexity index is 1080. The van der Waals surface area contributed by atoms with Gasteiger partial charge in [-0.25, -0.2) is 4.39 Å². The van der Waals surface area contributed by atoms with Crippen molar-refractivity contribution in [2.75, 3.05) is 18.0 Å². The molecule has 0 aliphatic carbocycles. The zero-order valence-electron chi connectivity index (χ0n) is 15.7. The molecule has 2 aromatic heterocycles. The lowest BCUT2D eigenvalue weighted by Crippen LogP contribution is -2.31. The molecule has 1 aromatic carbocycles. The van der Waals surface area contributed by atoms with E-state index in [1.54, 1.807) is 7.05 Å². The average molecular weight is 413 g/mol. The number of carbonyl (C=O) groups excluding carboxylic acids is 1. The van der Waals surface area contributed by atoms with Crippen LogP contribution in [0.25, 0.3) is 5.57 Å². The maximum absolute atomic E-state index is 13.7. The molecule has 7 nitrogen and oxygen atoms in total. The van der Waals surface area contributed by atoms with Gasteiger partial charge in [0.25, 0.3) is 5.95 Å².